The first-order chi connectivity index (χ1) is 13.4. The van der Waals surface area contributed by atoms with E-state index in [0.717, 1.165) is 24.8 Å². The zero-order valence-electron chi connectivity index (χ0n) is 16.3. The van der Waals surface area contributed by atoms with Crippen molar-refractivity contribution in [2.45, 2.75) is 40.0 Å². The summed E-state index contributed by atoms with van der Waals surface area (Å²) in [5.74, 6) is -0.597. The van der Waals surface area contributed by atoms with Gasteiger partial charge in [-0.15, -0.1) is 0 Å². The Balaban J connectivity index is 2.16. The van der Waals surface area contributed by atoms with Crippen molar-refractivity contribution in [1.29, 1.82) is 0 Å². The van der Waals surface area contributed by atoms with Gasteiger partial charge in [-0.05, 0) is 61.3 Å². The number of rotatable bonds is 5. The third-order valence-electron chi connectivity index (χ3n) is 5.09. The standard InChI is InChI=1S/C21H24ClFN2O3/c1-4-12(3)16(24-20(26)13-6-7-13)10-14-11-17(25-8-9-28-21(25)27)19(23)18(22)15(14)5-2/h5,10-11,13H,4,6-9H2,1-3H3,(H,24,26)/b14-10-,15-5+,16-12-. The lowest BCUT2D eigenvalue weighted by atomic mass is 10.1. The number of halogens is 2. The van der Waals surface area contributed by atoms with Gasteiger partial charge < -0.3 is 10.1 Å². The topological polar surface area (TPSA) is 58.6 Å². The normalized spacial score (nSPS) is 19.0. The van der Waals surface area contributed by atoms with Gasteiger partial charge in [-0.2, -0.15) is 0 Å². The first-order valence-electron chi connectivity index (χ1n) is 9.48. The second-order valence-corrected chi connectivity index (χ2v) is 7.41. The maximum atomic E-state index is 14.8. The van der Waals surface area contributed by atoms with Gasteiger partial charge in [0, 0.05) is 11.6 Å². The minimum Gasteiger partial charge on any atom is -0.447 e. The number of benzene rings is 1. The molecule has 0 atom stereocenters. The lowest BCUT2D eigenvalue weighted by molar-refractivity contribution is -0.121. The second kappa shape index (κ2) is 8.35. The molecule has 150 valence electrons. The van der Waals surface area contributed by atoms with Crippen molar-refractivity contribution >= 4 is 41.4 Å². The fourth-order valence-electron chi connectivity index (χ4n) is 3.06. The lowest BCUT2D eigenvalue weighted by Crippen LogP contribution is -2.33. The van der Waals surface area contributed by atoms with E-state index >= 15 is 0 Å². The van der Waals surface area contributed by atoms with E-state index in [1.165, 1.54) is 4.90 Å². The maximum absolute atomic E-state index is 14.8. The van der Waals surface area contributed by atoms with E-state index in [1.807, 2.05) is 13.8 Å². The maximum Gasteiger partial charge on any atom is 0.414 e. The molecule has 0 radical (unpaired) electrons. The van der Waals surface area contributed by atoms with Gasteiger partial charge in [0.2, 0.25) is 5.91 Å². The highest BCUT2D eigenvalue weighted by molar-refractivity contribution is 6.31. The minimum absolute atomic E-state index is 0.00219. The molecule has 7 heteroatoms. The third-order valence-corrected chi connectivity index (χ3v) is 5.46. The Hall–Kier alpha value is -2.34. The number of ether oxygens (including phenoxy) is 1. The molecule has 1 saturated carbocycles. The van der Waals surface area contributed by atoms with E-state index in [1.54, 1.807) is 25.1 Å². The number of amides is 2. The molecule has 0 spiro atoms. The molecular weight excluding hydrogens is 383 g/mol. The summed E-state index contributed by atoms with van der Waals surface area (Å²) in [6.07, 6.45) is 5.47. The van der Waals surface area contributed by atoms with Gasteiger partial charge >= 0.3 is 6.09 Å². The minimum atomic E-state index is -0.662. The van der Waals surface area contributed by atoms with Gasteiger partial charge in [0.25, 0.3) is 0 Å². The van der Waals surface area contributed by atoms with E-state index in [0.29, 0.717) is 16.1 Å². The van der Waals surface area contributed by atoms with Gasteiger partial charge in [-0.1, -0.05) is 24.6 Å². The van der Waals surface area contributed by atoms with Crippen LogP contribution in [-0.2, 0) is 9.53 Å². The molecule has 1 heterocycles. The van der Waals surface area contributed by atoms with E-state index < -0.39 is 11.9 Å². The van der Waals surface area contributed by atoms with Crippen molar-refractivity contribution in [1.82, 2.24) is 5.32 Å². The Morgan fingerprint density at radius 2 is 2.18 bits per heavy atom. The van der Waals surface area contributed by atoms with Gasteiger partial charge in [0.15, 0.2) is 5.82 Å². The highest BCUT2D eigenvalue weighted by Crippen LogP contribution is 2.29. The Kier molecular flexibility index (Phi) is 6.08. The molecule has 28 heavy (non-hydrogen) atoms. The molecule has 2 amide bonds. The molecule has 1 N–H and O–H groups in total. The second-order valence-electron chi connectivity index (χ2n) is 7.04. The van der Waals surface area contributed by atoms with Gasteiger partial charge in [0.05, 0.1) is 17.3 Å². The van der Waals surface area contributed by atoms with E-state index in [4.69, 9.17) is 16.3 Å². The lowest BCUT2D eigenvalue weighted by Gasteiger charge is -2.15. The molecule has 0 unspecified atom stereocenters. The summed E-state index contributed by atoms with van der Waals surface area (Å²) in [4.78, 5) is 25.4. The van der Waals surface area contributed by atoms with E-state index in [-0.39, 0.29) is 35.7 Å². The molecule has 0 aromatic heterocycles. The largest absolute Gasteiger partial charge is 0.447 e. The number of nitrogens with zero attached hydrogens (tertiary/aromatic N) is 1. The molecule has 2 aliphatic rings. The van der Waals surface area contributed by atoms with Crippen LogP contribution in [0.15, 0.2) is 17.3 Å². The van der Waals surface area contributed by atoms with Crippen LogP contribution in [0.3, 0.4) is 0 Å². The zero-order chi connectivity index (χ0) is 20.4. The highest BCUT2D eigenvalue weighted by atomic mass is 35.5. The molecule has 1 aromatic carbocycles. The zero-order valence-corrected chi connectivity index (χ0v) is 17.0. The first kappa shape index (κ1) is 20.4. The van der Waals surface area contributed by atoms with Crippen molar-refractivity contribution in [3.63, 3.8) is 0 Å². The van der Waals surface area contributed by atoms with E-state index in [2.05, 4.69) is 5.32 Å². The van der Waals surface area contributed by atoms with Crippen LogP contribution in [0, 0.1) is 11.7 Å². The smallest absolute Gasteiger partial charge is 0.414 e. The number of hydrogen-bond donors (Lipinski definition) is 1. The van der Waals surface area contributed by atoms with Crippen molar-refractivity contribution in [2.24, 2.45) is 5.92 Å². The first-order valence-corrected chi connectivity index (χ1v) is 9.86. The van der Waals surface area contributed by atoms with Crippen molar-refractivity contribution in [3.05, 3.63) is 38.6 Å². The van der Waals surface area contributed by atoms with Gasteiger partial charge in [-0.3, -0.25) is 9.69 Å². The monoisotopic (exact) mass is 406 g/mol. The van der Waals surface area contributed by atoms with Crippen LogP contribution < -0.4 is 20.7 Å². The molecule has 3 rings (SSSR count). The third kappa shape index (κ3) is 4.07. The van der Waals surface area contributed by atoms with Gasteiger partial charge in [0.1, 0.15) is 6.61 Å². The van der Waals surface area contributed by atoms with Crippen molar-refractivity contribution in [3.8, 4) is 0 Å². The molecule has 0 bridgehead atoms. The fraction of sp³-hybridized carbons (Fsp3) is 0.429. The van der Waals surface area contributed by atoms with Crippen molar-refractivity contribution < 1.29 is 18.7 Å². The summed E-state index contributed by atoms with van der Waals surface area (Å²) in [5.41, 5.74) is 1.75. The summed E-state index contributed by atoms with van der Waals surface area (Å²) in [6.45, 7) is 6.17. The molecule has 1 aliphatic carbocycles. The molecule has 2 fully saturated rings. The van der Waals surface area contributed by atoms with Crippen LogP contribution in [0.25, 0.3) is 12.2 Å². The van der Waals surface area contributed by atoms with Crippen LogP contribution in [0.4, 0.5) is 14.9 Å². The fourth-order valence-corrected chi connectivity index (χ4v) is 3.37. The Bertz CT molecular complexity index is 967. The average molecular weight is 407 g/mol. The van der Waals surface area contributed by atoms with Gasteiger partial charge in [-0.25, -0.2) is 9.18 Å². The number of anilines is 1. The Labute approximate surface area is 168 Å². The summed E-state index contributed by atoms with van der Waals surface area (Å²) in [7, 11) is 0. The number of carbonyl (C=O) groups is 2. The average Bonchev–Trinajstić information content (AvgIpc) is 3.45. The Morgan fingerprint density at radius 3 is 2.71 bits per heavy atom. The predicted octanol–water partition coefficient (Wildman–Crippen LogP) is 3.23. The molecule has 1 aromatic rings. The van der Waals surface area contributed by atoms with Crippen LogP contribution in [0.1, 0.15) is 40.0 Å². The number of nitrogens with one attached hydrogen (secondary N) is 1. The SMILES string of the molecule is C/C=c1/c(Cl)c(F)c(N2CCOC2=O)c/c1=C/C(NC(=O)C1CC1)=C(\C)CC. The predicted molar refractivity (Wildman–Crippen MR) is 108 cm³/mol. The quantitative estimate of drug-likeness (QED) is 0.816. The summed E-state index contributed by atoms with van der Waals surface area (Å²) >= 11 is 6.28. The Morgan fingerprint density at radius 1 is 1.46 bits per heavy atom. The number of allylic oxidation sites excluding steroid dienone is 2. The summed E-state index contributed by atoms with van der Waals surface area (Å²) in [5, 5.41) is 4.07. The van der Waals surface area contributed by atoms with E-state index in [9.17, 15) is 14.0 Å². The van der Waals surface area contributed by atoms with Crippen molar-refractivity contribution in [2.75, 3.05) is 18.1 Å². The van der Waals surface area contributed by atoms with Crippen LogP contribution in [0.2, 0.25) is 5.02 Å². The van der Waals surface area contributed by atoms with Crippen LogP contribution in [0.5, 0.6) is 0 Å². The number of hydrogen-bond acceptors (Lipinski definition) is 3. The van der Waals surface area contributed by atoms with Crippen LogP contribution in [-0.4, -0.2) is 25.2 Å². The highest BCUT2D eigenvalue weighted by Gasteiger charge is 2.30. The molecular formula is C21H24ClFN2O3. The summed E-state index contributed by atoms with van der Waals surface area (Å²) in [6, 6.07) is 1.58. The number of carbonyl (C=O) groups excluding carboxylic acids is 2. The molecule has 5 nitrogen and oxygen atoms in total. The molecule has 1 aliphatic heterocycles. The molecule has 1 saturated heterocycles. The number of cyclic esters (lactones) is 1. The van der Waals surface area contributed by atoms with Crippen LogP contribution >= 0.6 is 11.6 Å². The summed E-state index contributed by atoms with van der Waals surface area (Å²) < 4.78 is 19.8.